The van der Waals surface area contributed by atoms with Gasteiger partial charge in [0.15, 0.2) is 0 Å². The molecule has 3 aromatic rings. The van der Waals surface area contributed by atoms with E-state index in [0.717, 1.165) is 30.2 Å². The molecule has 1 aromatic heterocycles. The van der Waals surface area contributed by atoms with Crippen molar-refractivity contribution in [2.75, 3.05) is 19.6 Å². The minimum Gasteiger partial charge on any atom is -0.330 e. The number of rotatable bonds is 10. The summed E-state index contributed by atoms with van der Waals surface area (Å²) in [6, 6.07) is 15.1. The van der Waals surface area contributed by atoms with Crippen LogP contribution in [0.3, 0.4) is 0 Å². The van der Waals surface area contributed by atoms with Gasteiger partial charge in [0.25, 0.3) is 0 Å². The molecule has 0 saturated heterocycles. The lowest BCUT2D eigenvalue weighted by atomic mass is 10.1. The fraction of sp³-hybridized carbons (Fsp3) is 0.318. The van der Waals surface area contributed by atoms with Gasteiger partial charge in [-0.15, -0.1) is 12.4 Å². The summed E-state index contributed by atoms with van der Waals surface area (Å²) in [5.41, 5.74) is 8.06. The molecule has 30 heavy (non-hydrogen) atoms. The Balaban J connectivity index is 0.00000320. The zero-order chi connectivity index (χ0) is 20.7. The van der Waals surface area contributed by atoms with Gasteiger partial charge in [0.2, 0.25) is 10.0 Å². The maximum Gasteiger partial charge on any atom is 0.240 e. The molecule has 0 amide bonds. The van der Waals surface area contributed by atoms with Crippen molar-refractivity contribution >= 4 is 33.2 Å². The summed E-state index contributed by atoms with van der Waals surface area (Å²) in [6.07, 6.45) is 5.16. The number of pyridine rings is 1. The average molecular weight is 449 g/mol. The van der Waals surface area contributed by atoms with Gasteiger partial charge in [-0.05, 0) is 67.6 Å². The molecule has 1 atom stereocenters. The number of sulfonamides is 1. The molecule has 0 saturated carbocycles. The highest BCUT2D eigenvalue weighted by molar-refractivity contribution is 7.89. The summed E-state index contributed by atoms with van der Waals surface area (Å²) < 4.78 is 28.1. The van der Waals surface area contributed by atoms with E-state index in [4.69, 9.17) is 5.73 Å². The fourth-order valence-electron chi connectivity index (χ4n) is 3.19. The zero-order valence-corrected chi connectivity index (χ0v) is 18.7. The fourth-order valence-corrected chi connectivity index (χ4v) is 4.47. The van der Waals surface area contributed by atoms with Gasteiger partial charge in [-0.1, -0.05) is 30.3 Å². The summed E-state index contributed by atoms with van der Waals surface area (Å²) in [4.78, 5) is 4.32. The number of nitrogens with zero attached hydrogens (tertiary/aromatic N) is 1. The number of hydrogen-bond donors (Lipinski definition) is 3. The summed E-state index contributed by atoms with van der Waals surface area (Å²) >= 11 is 0. The smallest absolute Gasteiger partial charge is 0.240 e. The maximum absolute atomic E-state index is 12.7. The monoisotopic (exact) mass is 448 g/mol. The molecule has 8 heteroatoms. The van der Waals surface area contributed by atoms with E-state index >= 15 is 0 Å². The predicted octanol–water partition coefficient (Wildman–Crippen LogP) is 2.66. The molecule has 0 aliphatic carbocycles. The topological polar surface area (TPSA) is 97.1 Å². The third-order valence-electron chi connectivity index (χ3n) is 4.78. The molecule has 3 rings (SSSR count). The lowest BCUT2D eigenvalue weighted by Gasteiger charge is -2.15. The lowest BCUT2D eigenvalue weighted by Crippen LogP contribution is -2.40. The Bertz CT molecular complexity index is 1040. The van der Waals surface area contributed by atoms with Crippen LogP contribution in [0.2, 0.25) is 0 Å². The zero-order valence-electron chi connectivity index (χ0n) is 17.0. The first-order valence-corrected chi connectivity index (χ1v) is 11.3. The van der Waals surface area contributed by atoms with Crippen LogP contribution in [0.15, 0.2) is 65.8 Å². The summed E-state index contributed by atoms with van der Waals surface area (Å²) in [7, 11) is -3.57. The largest absolute Gasteiger partial charge is 0.330 e. The van der Waals surface area contributed by atoms with Crippen molar-refractivity contribution in [3.05, 3.63) is 72.1 Å². The molecule has 1 heterocycles. The molecule has 0 aliphatic rings. The molecule has 0 bridgehead atoms. The van der Waals surface area contributed by atoms with E-state index in [1.807, 2.05) is 13.0 Å². The highest BCUT2D eigenvalue weighted by Crippen LogP contribution is 2.18. The van der Waals surface area contributed by atoms with E-state index in [1.54, 1.807) is 30.6 Å². The van der Waals surface area contributed by atoms with E-state index < -0.39 is 10.0 Å². The molecular weight excluding hydrogens is 420 g/mol. The highest BCUT2D eigenvalue weighted by Gasteiger charge is 2.17. The van der Waals surface area contributed by atoms with E-state index in [2.05, 4.69) is 39.3 Å². The minimum absolute atomic E-state index is 0. The number of benzene rings is 2. The first kappa shape index (κ1) is 24.2. The van der Waals surface area contributed by atoms with Crippen LogP contribution >= 0.6 is 12.4 Å². The standard InChI is InChI=1S/C22H28N4O2S.ClH/c1-17(15-24-12-9-19-4-2-18(3-5-19)8-11-23)26-29(27,28)22-7-6-21-16-25-13-10-20(21)14-22;/h2-7,10,13-14,16-17,24,26H,8-9,11-12,15,23H2,1H3;1H/t17-;/m1./s1. The Morgan fingerprint density at radius 2 is 1.70 bits per heavy atom. The first-order valence-electron chi connectivity index (χ1n) is 9.82. The Morgan fingerprint density at radius 3 is 2.40 bits per heavy atom. The van der Waals surface area contributed by atoms with Gasteiger partial charge >= 0.3 is 0 Å². The molecular formula is C22H29ClN4O2S. The molecule has 0 fully saturated rings. The van der Waals surface area contributed by atoms with Crippen molar-refractivity contribution in [3.8, 4) is 0 Å². The molecule has 0 spiro atoms. The number of nitrogens with two attached hydrogens (primary N) is 1. The van der Waals surface area contributed by atoms with Crippen LogP contribution in [0.1, 0.15) is 18.1 Å². The van der Waals surface area contributed by atoms with Crippen LogP contribution in [0.4, 0.5) is 0 Å². The van der Waals surface area contributed by atoms with Gasteiger partial charge in [-0.2, -0.15) is 0 Å². The van der Waals surface area contributed by atoms with Crippen LogP contribution in [-0.2, 0) is 22.9 Å². The summed E-state index contributed by atoms with van der Waals surface area (Å²) in [5.74, 6) is 0. The van der Waals surface area contributed by atoms with Crippen LogP contribution in [0, 0.1) is 0 Å². The second-order valence-electron chi connectivity index (χ2n) is 7.22. The highest BCUT2D eigenvalue weighted by atomic mass is 35.5. The van der Waals surface area contributed by atoms with E-state index in [0.29, 0.717) is 13.1 Å². The number of halogens is 1. The van der Waals surface area contributed by atoms with Gasteiger partial charge < -0.3 is 11.1 Å². The molecule has 6 nitrogen and oxygen atoms in total. The number of hydrogen-bond acceptors (Lipinski definition) is 5. The molecule has 4 N–H and O–H groups in total. The van der Waals surface area contributed by atoms with Crippen LogP contribution in [-0.4, -0.2) is 39.1 Å². The van der Waals surface area contributed by atoms with Gasteiger partial charge in [-0.3, -0.25) is 4.98 Å². The number of fused-ring (bicyclic) bond motifs is 1. The quantitative estimate of drug-likeness (QED) is 0.414. The van der Waals surface area contributed by atoms with Crippen molar-refractivity contribution in [3.63, 3.8) is 0 Å². The van der Waals surface area contributed by atoms with E-state index in [9.17, 15) is 8.42 Å². The first-order chi connectivity index (χ1) is 14.0. The molecule has 0 radical (unpaired) electrons. The lowest BCUT2D eigenvalue weighted by molar-refractivity contribution is 0.537. The third kappa shape index (κ3) is 6.75. The van der Waals surface area contributed by atoms with Gasteiger partial charge in [-0.25, -0.2) is 13.1 Å². The van der Waals surface area contributed by atoms with E-state index in [1.165, 1.54) is 11.1 Å². The Kier molecular flexibility index (Phi) is 9.20. The number of aromatic nitrogens is 1. The van der Waals surface area contributed by atoms with Gasteiger partial charge in [0.1, 0.15) is 0 Å². The Labute approximate surface area is 184 Å². The Morgan fingerprint density at radius 1 is 1.00 bits per heavy atom. The second-order valence-corrected chi connectivity index (χ2v) is 8.93. The van der Waals surface area contributed by atoms with Crippen LogP contribution in [0.5, 0.6) is 0 Å². The van der Waals surface area contributed by atoms with Crippen molar-refractivity contribution in [1.82, 2.24) is 15.0 Å². The summed E-state index contributed by atoms with van der Waals surface area (Å²) in [5, 5.41) is 5.09. The second kappa shape index (κ2) is 11.4. The molecule has 0 aliphatic heterocycles. The van der Waals surface area contributed by atoms with Crippen molar-refractivity contribution in [2.45, 2.75) is 30.7 Å². The average Bonchev–Trinajstić information content (AvgIpc) is 2.72. The van der Waals surface area contributed by atoms with Crippen molar-refractivity contribution in [1.29, 1.82) is 0 Å². The molecule has 2 aromatic carbocycles. The molecule has 162 valence electrons. The maximum atomic E-state index is 12.7. The predicted molar refractivity (Wildman–Crippen MR) is 125 cm³/mol. The SMILES string of the molecule is C[C@H](CNCCc1ccc(CCN)cc1)NS(=O)(=O)c1ccc2cnccc2c1.Cl. The van der Waals surface area contributed by atoms with Crippen LogP contribution < -0.4 is 15.8 Å². The Hall–Kier alpha value is -2.03. The van der Waals surface area contributed by atoms with Gasteiger partial charge in [0, 0.05) is 30.4 Å². The van der Waals surface area contributed by atoms with E-state index in [-0.39, 0.29) is 23.3 Å². The van der Waals surface area contributed by atoms with Crippen LogP contribution in [0.25, 0.3) is 10.8 Å². The van der Waals surface area contributed by atoms with Gasteiger partial charge in [0.05, 0.1) is 4.90 Å². The summed E-state index contributed by atoms with van der Waals surface area (Å²) in [6.45, 7) is 3.86. The number of nitrogens with one attached hydrogen (secondary N) is 2. The molecule has 0 unspecified atom stereocenters. The van der Waals surface area contributed by atoms with Crippen molar-refractivity contribution in [2.24, 2.45) is 5.73 Å². The minimum atomic E-state index is -3.57. The van der Waals surface area contributed by atoms with Crippen molar-refractivity contribution < 1.29 is 8.42 Å². The normalized spacial score (nSPS) is 12.5. The third-order valence-corrected chi connectivity index (χ3v) is 6.36.